The number of amides is 2. The van der Waals surface area contributed by atoms with E-state index >= 15 is 0 Å². The van der Waals surface area contributed by atoms with Gasteiger partial charge in [-0.15, -0.1) is 0 Å². The van der Waals surface area contributed by atoms with Gasteiger partial charge in [-0.1, -0.05) is 24.3 Å². The van der Waals surface area contributed by atoms with Crippen LogP contribution in [0.25, 0.3) is 22.0 Å². The molecule has 3 heterocycles. The second kappa shape index (κ2) is 12.1. The number of hydrogen-bond acceptors (Lipinski definition) is 8. The third-order valence-corrected chi connectivity index (χ3v) is 7.92. The molecular weight excluding hydrogens is 594 g/mol. The number of carbonyl (C=O) groups is 2. The lowest BCUT2D eigenvalue weighted by molar-refractivity contribution is -0.119. The first kappa shape index (κ1) is 31.1. The Labute approximate surface area is 265 Å². The SMILES string of the molecule is Cc1ccc2c(NC(=O)[C@@H]3CC3(F)F)cccc2c1Oc1ncccc1-c1ccnc(NC2CCCN(C(=O)OC(C)(C)C)C2)n1. The van der Waals surface area contributed by atoms with Gasteiger partial charge in [0.1, 0.15) is 17.3 Å². The Kier molecular flexibility index (Phi) is 8.22. The van der Waals surface area contributed by atoms with Crippen LogP contribution in [0.4, 0.5) is 25.2 Å². The van der Waals surface area contributed by atoms with E-state index in [0.717, 1.165) is 18.4 Å². The van der Waals surface area contributed by atoms with Crippen molar-refractivity contribution in [3.8, 4) is 22.9 Å². The van der Waals surface area contributed by atoms with E-state index < -0.39 is 29.8 Å². The minimum Gasteiger partial charge on any atom is -0.444 e. The zero-order valence-corrected chi connectivity index (χ0v) is 26.1. The number of nitrogens with one attached hydrogen (secondary N) is 2. The number of piperidine rings is 1. The summed E-state index contributed by atoms with van der Waals surface area (Å²) in [5.74, 6) is -3.74. The van der Waals surface area contributed by atoms with E-state index in [2.05, 4.69) is 20.6 Å². The molecule has 12 heteroatoms. The number of nitrogens with zero attached hydrogens (tertiary/aromatic N) is 4. The smallest absolute Gasteiger partial charge is 0.410 e. The summed E-state index contributed by atoms with van der Waals surface area (Å²) < 4.78 is 39.0. The molecule has 1 saturated carbocycles. The summed E-state index contributed by atoms with van der Waals surface area (Å²) in [5.41, 5.74) is 1.88. The maximum Gasteiger partial charge on any atom is 0.410 e. The number of anilines is 2. The molecule has 0 bridgehead atoms. The molecule has 0 spiro atoms. The lowest BCUT2D eigenvalue weighted by atomic mass is 10.0. The van der Waals surface area contributed by atoms with Gasteiger partial charge < -0.3 is 25.0 Å². The highest BCUT2D eigenvalue weighted by Crippen LogP contribution is 2.49. The molecule has 6 rings (SSSR count). The second-order valence-electron chi connectivity index (χ2n) is 12.8. The lowest BCUT2D eigenvalue weighted by Gasteiger charge is -2.34. The van der Waals surface area contributed by atoms with E-state index in [0.29, 0.717) is 58.4 Å². The fourth-order valence-electron chi connectivity index (χ4n) is 5.51. The molecule has 240 valence electrons. The number of likely N-dealkylation sites (tertiary alicyclic amines) is 1. The summed E-state index contributed by atoms with van der Waals surface area (Å²) >= 11 is 0. The van der Waals surface area contributed by atoms with Crippen LogP contribution in [0.3, 0.4) is 0 Å². The van der Waals surface area contributed by atoms with E-state index in [1.165, 1.54) is 0 Å². The minimum absolute atomic E-state index is 0.0553. The number of alkyl halides is 2. The monoisotopic (exact) mass is 630 g/mol. The normalized spacial score (nSPS) is 19.0. The van der Waals surface area contributed by atoms with Crippen LogP contribution in [0.1, 0.15) is 45.6 Å². The summed E-state index contributed by atoms with van der Waals surface area (Å²) in [6, 6.07) is 14.3. The molecular formula is C34H36F2N6O4. The first-order valence-electron chi connectivity index (χ1n) is 15.3. The quantitative estimate of drug-likeness (QED) is 0.220. The van der Waals surface area contributed by atoms with Crippen molar-refractivity contribution in [2.75, 3.05) is 23.7 Å². The number of pyridine rings is 1. The van der Waals surface area contributed by atoms with E-state index in [1.54, 1.807) is 41.6 Å². The summed E-state index contributed by atoms with van der Waals surface area (Å²) in [4.78, 5) is 40.5. The van der Waals surface area contributed by atoms with Crippen molar-refractivity contribution >= 4 is 34.4 Å². The molecule has 2 amide bonds. The fourth-order valence-corrected chi connectivity index (χ4v) is 5.51. The molecule has 2 aliphatic rings. The van der Waals surface area contributed by atoms with Gasteiger partial charge >= 0.3 is 6.09 Å². The second-order valence-corrected chi connectivity index (χ2v) is 12.8. The molecule has 1 aliphatic carbocycles. The number of ether oxygens (including phenoxy) is 2. The summed E-state index contributed by atoms with van der Waals surface area (Å²) in [6.07, 6.45) is 4.16. The number of benzene rings is 2. The number of carbonyl (C=O) groups excluding carboxylic acids is 2. The van der Waals surface area contributed by atoms with Gasteiger partial charge in [0.25, 0.3) is 5.92 Å². The van der Waals surface area contributed by atoms with Crippen molar-refractivity contribution in [2.45, 2.75) is 64.5 Å². The number of rotatable bonds is 7. The molecule has 0 radical (unpaired) electrons. The van der Waals surface area contributed by atoms with Crippen LogP contribution in [-0.4, -0.2) is 62.5 Å². The van der Waals surface area contributed by atoms with Gasteiger partial charge in [-0.3, -0.25) is 4.79 Å². The Morgan fingerprint density at radius 3 is 2.59 bits per heavy atom. The predicted octanol–water partition coefficient (Wildman–Crippen LogP) is 7.20. The largest absolute Gasteiger partial charge is 0.444 e. The first-order valence-corrected chi connectivity index (χ1v) is 15.3. The van der Waals surface area contributed by atoms with Gasteiger partial charge in [-0.2, -0.15) is 0 Å². The molecule has 2 atom stereocenters. The molecule has 1 unspecified atom stereocenters. The third kappa shape index (κ3) is 6.85. The van der Waals surface area contributed by atoms with Gasteiger partial charge in [-0.05, 0) is 70.4 Å². The molecule has 1 aliphatic heterocycles. The van der Waals surface area contributed by atoms with Gasteiger partial charge in [0.2, 0.25) is 17.7 Å². The molecule has 2 aromatic heterocycles. The van der Waals surface area contributed by atoms with Crippen molar-refractivity contribution in [3.63, 3.8) is 0 Å². The zero-order valence-electron chi connectivity index (χ0n) is 26.1. The molecule has 2 fully saturated rings. The minimum atomic E-state index is -2.96. The number of fused-ring (bicyclic) bond motifs is 1. The van der Waals surface area contributed by atoms with Crippen LogP contribution in [0.15, 0.2) is 60.9 Å². The Hall–Kier alpha value is -4.87. The van der Waals surface area contributed by atoms with Crippen LogP contribution in [-0.2, 0) is 9.53 Å². The van der Waals surface area contributed by atoms with Crippen LogP contribution in [0.5, 0.6) is 11.6 Å². The van der Waals surface area contributed by atoms with Crippen LogP contribution in [0, 0.1) is 12.8 Å². The van der Waals surface area contributed by atoms with Gasteiger partial charge in [0.15, 0.2) is 0 Å². The number of halogens is 2. The Morgan fingerprint density at radius 1 is 1.02 bits per heavy atom. The van der Waals surface area contributed by atoms with E-state index in [4.69, 9.17) is 14.5 Å². The predicted molar refractivity (Wildman–Crippen MR) is 170 cm³/mol. The highest BCUT2D eigenvalue weighted by molar-refractivity contribution is 6.06. The summed E-state index contributed by atoms with van der Waals surface area (Å²) in [7, 11) is 0. The number of aromatic nitrogens is 3. The average Bonchev–Trinajstić information content (AvgIpc) is 3.66. The van der Waals surface area contributed by atoms with Crippen LogP contribution in [0.2, 0.25) is 0 Å². The van der Waals surface area contributed by atoms with Crippen molar-refractivity contribution < 1.29 is 27.8 Å². The zero-order chi connectivity index (χ0) is 32.6. The Morgan fingerprint density at radius 2 is 1.83 bits per heavy atom. The maximum absolute atomic E-state index is 13.5. The third-order valence-electron chi connectivity index (χ3n) is 7.92. The highest BCUT2D eigenvalue weighted by atomic mass is 19.3. The van der Waals surface area contributed by atoms with E-state index in [1.807, 2.05) is 52.0 Å². The Bertz CT molecular complexity index is 1790. The van der Waals surface area contributed by atoms with Gasteiger partial charge in [-0.25, -0.2) is 28.5 Å². The molecule has 2 aromatic carbocycles. The average molecular weight is 631 g/mol. The van der Waals surface area contributed by atoms with Crippen molar-refractivity contribution in [2.24, 2.45) is 5.92 Å². The summed E-state index contributed by atoms with van der Waals surface area (Å²) in [6.45, 7) is 8.53. The lowest BCUT2D eigenvalue weighted by Crippen LogP contribution is -2.47. The standard InChI is InChI=1S/C34H36F2N6O4/c1-20-12-13-22-23(9-5-11-26(22)40-29(43)25-18-34(25,35)36)28(20)45-30-24(10-6-15-37-30)27-14-16-38-31(41-27)39-21-8-7-17-42(19-21)32(44)46-33(2,3)4/h5-6,9-16,21,25H,7-8,17-19H2,1-4H3,(H,40,43)(H,38,39,41)/t21?,25-/m0/s1. The van der Waals surface area contributed by atoms with Crippen molar-refractivity contribution in [3.05, 3.63) is 66.5 Å². The Balaban J connectivity index is 1.23. The molecule has 2 N–H and O–H groups in total. The molecule has 10 nitrogen and oxygen atoms in total. The van der Waals surface area contributed by atoms with Crippen molar-refractivity contribution in [1.82, 2.24) is 19.9 Å². The van der Waals surface area contributed by atoms with Gasteiger partial charge in [0, 0.05) is 54.4 Å². The first-order chi connectivity index (χ1) is 21.9. The number of hydrogen-bond donors (Lipinski definition) is 2. The fraction of sp³-hybridized carbons (Fsp3) is 0.382. The molecule has 1 saturated heterocycles. The molecule has 46 heavy (non-hydrogen) atoms. The highest BCUT2D eigenvalue weighted by Gasteiger charge is 2.61. The molecule has 4 aromatic rings. The number of aryl methyl sites for hydroxylation is 1. The van der Waals surface area contributed by atoms with Crippen LogP contribution < -0.4 is 15.4 Å². The topological polar surface area (TPSA) is 119 Å². The van der Waals surface area contributed by atoms with E-state index in [9.17, 15) is 18.4 Å². The summed E-state index contributed by atoms with van der Waals surface area (Å²) in [5, 5.41) is 7.37. The van der Waals surface area contributed by atoms with E-state index in [-0.39, 0.29) is 12.1 Å². The van der Waals surface area contributed by atoms with Crippen LogP contribution >= 0.6 is 0 Å². The van der Waals surface area contributed by atoms with Gasteiger partial charge in [0.05, 0.1) is 11.3 Å². The maximum atomic E-state index is 13.5. The van der Waals surface area contributed by atoms with Crippen molar-refractivity contribution in [1.29, 1.82) is 0 Å².